The second kappa shape index (κ2) is 10.6. The lowest BCUT2D eigenvalue weighted by molar-refractivity contribution is 0.0951. The number of carbonyl (C=O) groups excluding carboxylic acids is 2. The molecule has 3 N–H and O–H groups in total. The van der Waals surface area contributed by atoms with Gasteiger partial charge in [-0.3, -0.25) is 4.79 Å². The molecule has 160 valence electrons. The van der Waals surface area contributed by atoms with Gasteiger partial charge in [-0.2, -0.15) is 0 Å². The van der Waals surface area contributed by atoms with Gasteiger partial charge in [0, 0.05) is 29.4 Å². The average molecular weight is 436 g/mol. The molecule has 0 radical (unpaired) electrons. The molecule has 31 heavy (non-hydrogen) atoms. The Labute approximate surface area is 187 Å². The summed E-state index contributed by atoms with van der Waals surface area (Å²) >= 11 is 5.86. The van der Waals surface area contributed by atoms with Gasteiger partial charge >= 0.3 is 6.03 Å². The number of nitrogens with one attached hydrogen (secondary N) is 3. The van der Waals surface area contributed by atoms with Crippen molar-refractivity contribution in [2.45, 2.75) is 33.4 Å². The van der Waals surface area contributed by atoms with Crippen LogP contribution in [-0.2, 0) is 19.5 Å². The van der Waals surface area contributed by atoms with E-state index in [1.807, 2.05) is 61.5 Å². The van der Waals surface area contributed by atoms with Gasteiger partial charge in [-0.25, -0.2) is 4.79 Å². The quantitative estimate of drug-likeness (QED) is 0.461. The van der Waals surface area contributed by atoms with Gasteiger partial charge in [0.25, 0.3) is 5.91 Å². The van der Waals surface area contributed by atoms with E-state index in [1.165, 1.54) is 5.56 Å². The highest BCUT2D eigenvalue weighted by atomic mass is 35.5. The SMILES string of the molecule is CCc1ccc(C(=O)NCc2ccc(NC(=O)NCc3ccc(Cl)cc3)cc2)cc1C. The first-order valence-electron chi connectivity index (χ1n) is 10.2. The third-order valence-electron chi connectivity index (χ3n) is 5.02. The number of anilines is 1. The number of halogens is 1. The molecule has 0 heterocycles. The molecule has 3 aromatic rings. The zero-order valence-electron chi connectivity index (χ0n) is 17.7. The average Bonchev–Trinajstić information content (AvgIpc) is 2.78. The van der Waals surface area contributed by atoms with Crippen LogP contribution in [0.5, 0.6) is 0 Å². The van der Waals surface area contributed by atoms with Gasteiger partial charge in [-0.05, 0) is 72.0 Å². The normalized spacial score (nSPS) is 10.4. The number of hydrogen-bond acceptors (Lipinski definition) is 2. The van der Waals surface area contributed by atoms with Crippen LogP contribution in [0.2, 0.25) is 5.02 Å². The molecule has 0 spiro atoms. The summed E-state index contributed by atoms with van der Waals surface area (Å²) in [5.41, 5.74) is 5.61. The minimum absolute atomic E-state index is 0.102. The van der Waals surface area contributed by atoms with Crippen molar-refractivity contribution < 1.29 is 9.59 Å². The standard InChI is InChI=1S/C25H26ClN3O2/c1-3-20-8-9-21(14-17(20)2)24(30)27-15-19-6-12-23(13-7-19)29-25(31)28-16-18-4-10-22(26)11-5-18/h4-14H,3,15-16H2,1-2H3,(H,27,30)(H2,28,29,31). The third-order valence-corrected chi connectivity index (χ3v) is 5.27. The number of benzene rings is 3. The van der Waals surface area contributed by atoms with Gasteiger partial charge in [0.05, 0.1) is 0 Å². The maximum Gasteiger partial charge on any atom is 0.319 e. The van der Waals surface area contributed by atoms with Crippen LogP contribution in [0.15, 0.2) is 66.7 Å². The van der Waals surface area contributed by atoms with E-state index in [4.69, 9.17) is 11.6 Å². The fraction of sp³-hybridized carbons (Fsp3) is 0.200. The molecule has 0 saturated carbocycles. The summed E-state index contributed by atoms with van der Waals surface area (Å²) in [6, 6.07) is 20.2. The third kappa shape index (κ3) is 6.59. The topological polar surface area (TPSA) is 70.2 Å². The Hall–Kier alpha value is -3.31. The van der Waals surface area contributed by atoms with Crippen LogP contribution in [0.4, 0.5) is 10.5 Å². The van der Waals surface area contributed by atoms with Gasteiger partial charge in [-0.1, -0.05) is 48.9 Å². The second-order valence-corrected chi connectivity index (χ2v) is 7.74. The monoisotopic (exact) mass is 435 g/mol. The molecular weight excluding hydrogens is 410 g/mol. The number of amides is 3. The zero-order valence-corrected chi connectivity index (χ0v) is 18.4. The Balaban J connectivity index is 1.47. The van der Waals surface area contributed by atoms with E-state index in [1.54, 1.807) is 12.1 Å². The van der Waals surface area contributed by atoms with E-state index in [0.29, 0.717) is 29.4 Å². The Morgan fingerprint density at radius 3 is 2.06 bits per heavy atom. The molecular formula is C25H26ClN3O2. The van der Waals surface area contributed by atoms with E-state index >= 15 is 0 Å². The molecule has 0 aliphatic carbocycles. The zero-order chi connectivity index (χ0) is 22.2. The lowest BCUT2D eigenvalue weighted by Crippen LogP contribution is -2.28. The molecule has 0 unspecified atom stereocenters. The summed E-state index contributed by atoms with van der Waals surface area (Å²) in [6.07, 6.45) is 0.952. The Bertz CT molecular complexity index is 1050. The van der Waals surface area contributed by atoms with Crippen molar-refractivity contribution in [2.75, 3.05) is 5.32 Å². The summed E-state index contributed by atoms with van der Waals surface area (Å²) in [6.45, 7) is 4.94. The molecule has 5 nitrogen and oxygen atoms in total. The molecule has 0 saturated heterocycles. The molecule has 0 atom stereocenters. The highest BCUT2D eigenvalue weighted by Gasteiger charge is 2.08. The minimum Gasteiger partial charge on any atom is -0.348 e. The highest BCUT2D eigenvalue weighted by Crippen LogP contribution is 2.13. The molecule has 0 bridgehead atoms. The second-order valence-electron chi connectivity index (χ2n) is 7.31. The first-order chi connectivity index (χ1) is 14.9. The van der Waals surface area contributed by atoms with E-state index < -0.39 is 0 Å². The van der Waals surface area contributed by atoms with Crippen molar-refractivity contribution in [2.24, 2.45) is 0 Å². The first-order valence-corrected chi connectivity index (χ1v) is 10.6. The van der Waals surface area contributed by atoms with Crippen LogP contribution in [0.1, 0.15) is 39.5 Å². The number of urea groups is 1. The van der Waals surface area contributed by atoms with Crippen LogP contribution < -0.4 is 16.0 Å². The molecule has 3 rings (SSSR count). The minimum atomic E-state index is -0.290. The molecule has 0 aromatic heterocycles. The number of carbonyl (C=O) groups is 2. The van der Waals surface area contributed by atoms with Crippen molar-refractivity contribution in [3.05, 3.63) is 99.6 Å². The van der Waals surface area contributed by atoms with Crippen molar-refractivity contribution in [1.82, 2.24) is 10.6 Å². The predicted molar refractivity (Wildman–Crippen MR) is 125 cm³/mol. The van der Waals surface area contributed by atoms with Crippen molar-refractivity contribution in [1.29, 1.82) is 0 Å². The van der Waals surface area contributed by atoms with E-state index in [9.17, 15) is 9.59 Å². The van der Waals surface area contributed by atoms with Crippen LogP contribution in [0.3, 0.4) is 0 Å². The molecule has 0 aliphatic rings. The Kier molecular flexibility index (Phi) is 7.68. The molecule has 0 aliphatic heterocycles. The number of rotatable bonds is 7. The van der Waals surface area contributed by atoms with Gasteiger partial charge in [0.15, 0.2) is 0 Å². The van der Waals surface area contributed by atoms with Gasteiger partial charge in [0.1, 0.15) is 0 Å². The lowest BCUT2D eigenvalue weighted by atomic mass is 10.0. The maximum absolute atomic E-state index is 12.4. The first kappa shape index (κ1) is 22.4. The van der Waals surface area contributed by atoms with Crippen LogP contribution in [-0.4, -0.2) is 11.9 Å². The summed E-state index contributed by atoms with van der Waals surface area (Å²) in [5, 5.41) is 9.19. The predicted octanol–water partition coefficient (Wildman–Crippen LogP) is 5.46. The molecule has 3 amide bonds. The van der Waals surface area contributed by atoms with Gasteiger partial charge in [-0.15, -0.1) is 0 Å². The summed E-state index contributed by atoms with van der Waals surface area (Å²) in [5.74, 6) is -0.102. The fourth-order valence-electron chi connectivity index (χ4n) is 3.18. The van der Waals surface area contributed by atoms with Gasteiger partial charge in [0.2, 0.25) is 0 Å². The maximum atomic E-state index is 12.4. The number of hydrogen-bond donors (Lipinski definition) is 3. The van der Waals surface area contributed by atoms with Crippen molar-refractivity contribution >= 4 is 29.2 Å². The fourth-order valence-corrected chi connectivity index (χ4v) is 3.31. The van der Waals surface area contributed by atoms with Crippen LogP contribution >= 0.6 is 11.6 Å². The summed E-state index contributed by atoms with van der Waals surface area (Å²) in [4.78, 5) is 24.5. The van der Waals surface area contributed by atoms with Crippen LogP contribution in [0, 0.1) is 6.92 Å². The van der Waals surface area contributed by atoms with E-state index in [0.717, 1.165) is 23.1 Å². The smallest absolute Gasteiger partial charge is 0.319 e. The summed E-state index contributed by atoms with van der Waals surface area (Å²) in [7, 11) is 0. The molecule has 0 fully saturated rings. The van der Waals surface area contributed by atoms with Crippen LogP contribution in [0.25, 0.3) is 0 Å². The Morgan fingerprint density at radius 1 is 0.839 bits per heavy atom. The largest absolute Gasteiger partial charge is 0.348 e. The number of aryl methyl sites for hydroxylation is 2. The molecule has 3 aromatic carbocycles. The molecule has 6 heteroatoms. The van der Waals surface area contributed by atoms with E-state index in [2.05, 4.69) is 22.9 Å². The van der Waals surface area contributed by atoms with Crippen molar-refractivity contribution in [3.8, 4) is 0 Å². The van der Waals surface area contributed by atoms with E-state index in [-0.39, 0.29) is 11.9 Å². The highest BCUT2D eigenvalue weighted by molar-refractivity contribution is 6.30. The summed E-state index contributed by atoms with van der Waals surface area (Å²) < 4.78 is 0. The Morgan fingerprint density at radius 2 is 1.45 bits per heavy atom. The van der Waals surface area contributed by atoms with Gasteiger partial charge < -0.3 is 16.0 Å². The van der Waals surface area contributed by atoms with Crippen molar-refractivity contribution in [3.63, 3.8) is 0 Å². The lowest BCUT2D eigenvalue weighted by Gasteiger charge is -2.10.